The molecular formula is C17H27O2P. The molecule has 0 radical (unpaired) electrons. The molecule has 0 aromatic heterocycles. The van der Waals surface area contributed by atoms with Crippen molar-refractivity contribution in [1.82, 2.24) is 0 Å². The van der Waals surface area contributed by atoms with Gasteiger partial charge in [0.15, 0.2) is 0 Å². The van der Waals surface area contributed by atoms with Gasteiger partial charge >= 0.3 is 123 Å². The number of esters is 1. The minimum atomic E-state index is -1.51. The zero-order chi connectivity index (χ0) is 14.8. The Morgan fingerprint density at radius 1 is 1.25 bits per heavy atom. The van der Waals surface area contributed by atoms with Crippen molar-refractivity contribution in [1.29, 1.82) is 0 Å². The molecule has 3 atom stereocenters. The first-order valence-corrected chi connectivity index (χ1v) is 10.7. The summed E-state index contributed by atoms with van der Waals surface area (Å²) in [5.74, 6) is 0.378. The van der Waals surface area contributed by atoms with Crippen LogP contribution in [0.2, 0.25) is 0 Å². The molecule has 2 rings (SSSR count). The molecule has 112 valence electrons. The molecule has 1 saturated carbocycles. The third-order valence-electron chi connectivity index (χ3n) is 4.97. The average Bonchev–Trinajstić information content (AvgIpc) is 2.89. The fourth-order valence-corrected chi connectivity index (χ4v) is 7.79. The van der Waals surface area contributed by atoms with Gasteiger partial charge in [-0.05, 0) is 0 Å². The number of carbonyl (C=O) groups is 1. The molecule has 1 aliphatic rings. The first-order valence-electron chi connectivity index (χ1n) is 7.65. The number of carbonyl (C=O) groups excluding carboxylic acids is 1. The van der Waals surface area contributed by atoms with Gasteiger partial charge in [0.25, 0.3) is 0 Å². The van der Waals surface area contributed by atoms with Crippen LogP contribution in [-0.2, 0) is 9.53 Å². The van der Waals surface area contributed by atoms with Gasteiger partial charge in [0.05, 0.1) is 0 Å². The Labute approximate surface area is 123 Å². The van der Waals surface area contributed by atoms with Crippen LogP contribution in [0.3, 0.4) is 0 Å². The second kappa shape index (κ2) is 6.26. The molecule has 0 aliphatic heterocycles. The van der Waals surface area contributed by atoms with E-state index in [0.29, 0.717) is 11.6 Å². The maximum atomic E-state index is 11.2. The van der Waals surface area contributed by atoms with Crippen LogP contribution >= 0.6 is 7.26 Å². The van der Waals surface area contributed by atoms with Gasteiger partial charge in [-0.1, -0.05) is 0 Å². The predicted octanol–water partition coefficient (Wildman–Crippen LogP) is 3.44. The van der Waals surface area contributed by atoms with Gasteiger partial charge in [-0.3, -0.25) is 0 Å². The molecule has 0 heterocycles. The van der Waals surface area contributed by atoms with Crippen molar-refractivity contribution in [3.8, 4) is 0 Å². The van der Waals surface area contributed by atoms with E-state index >= 15 is 0 Å². The summed E-state index contributed by atoms with van der Waals surface area (Å²) in [6, 6.07) is 10.9. The first-order chi connectivity index (χ1) is 9.43. The van der Waals surface area contributed by atoms with Crippen molar-refractivity contribution in [2.45, 2.75) is 44.9 Å². The van der Waals surface area contributed by atoms with Crippen molar-refractivity contribution in [2.75, 3.05) is 13.3 Å². The molecule has 1 aromatic rings. The molecule has 1 unspecified atom stereocenters. The molecule has 0 N–H and O–H groups in total. The van der Waals surface area contributed by atoms with Gasteiger partial charge in [-0.25, -0.2) is 0 Å². The van der Waals surface area contributed by atoms with Crippen molar-refractivity contribution in [2.24, 2.45) is 5.92 Å². The molecule has 1 aliphatic carbocycles. The summed E-state index contributed by atoms with van der Waals surface area (Å²) in [5, 5.41) is 1.52. The second-order valence-corrected chi connectivity index (χ2v) is 11.4. The van der Waals surface area contributed by atoms with E-state index in [4.69, 9.17) is 4.74 Å². The van der Waals surface area contributed by atoms with Crippen molar-refractivity contribution in [3.05, 3.63) is 30.3 Å². The summed E-state index contributed by atoms with van der Waals surface area (Å²) in [6.07, 6.45) is 3.80. The molecule has 0 saturated heterocycles. The number of rotatable bonds is 4. The maximum absolute atomic E-state index is 11.2. The number of hydrogen-bond donors (Lipinski definition) is 0. The van der Waals surface area contributed by atoms with E-state index in [1.54, 1.807) is 0 Å². The summed E-state index contributed by atoms with van der Waals surface area (Å²) >= 11 is 0. The zero-order valence-electron chi connectivity index (χ0n) is 13.1. The second-order valence-electron chi connectivity index (χ2n) is 6.60. The van der Waals surface area contributed by atoms with E-state index in [1.165, 1.54) is 31.5 Å². The molecule has 0 bridgehead atoms. The van der Waals surface area contributed by atoms with Crippen LogP contribution in [0.15, 0.2) is 30.3 Å². The fraction of sp³-hybridized carbons (Fsp3) is 0.588. The van der Waals surface area contributed by atoms with Crippen LogP contribution in [0, 0.1) is 5.92 Å². The van der Waals surface area contributed by atoms with E-state index in [1.807, 2.05) is 0 Å². The minimum absolute atomic E-state index is 0.0514. The molecule has 1 aromatic carbocycles. The molecular weight excluding hydrogens is 267 g/mol. The van der Waals surface area contributed by atoms with Gasteiger partial charge < -0.3 is 0 Å². The molecule has 20 heavy (non-hydrogen) atoms. The zero-order valence-corrected chi connectivity index (χ0v) is 14.1. The van der Waals surface area contributed by atoms with Crippen molar-refractivity contribution < 1.29 is 9.53 Å². The summed E-state index contributed by atoms with van der Waals surface area (Å²) in [5.41, 5.74) is 0.708. The van der Waals surface area contributed by atoms with E-state index in [-0.39, 0.29) is 12.1 Å². The Bertz CT molecular complexity index is 455. The summed E-state index contributed by atoms with van der Waals surface area (Å²) in [4.78, 5) is 11.2. The summed E-state index contributed by atoms with van der Waals surface area (Å²) in [7, 11) is -1.51. The Balaban J connectivity index is 2.19. The van der Waals surface area contributed by atoms with E-state index in [0.717, 1.165) is 0 Å². The van der Waals surface area contributed by atoms with Crippen LogP contribution in [0.5, 0.6) is 0 Å². The average molecular weight is 294 g/mol. The fourth-order valence-electron chi connectivity index (χ4n) is 3.88. The Hall–Kier alpha value is -0.880. The van der Waals surface area contributed by atoms with Gasteiger partial charge in [0, 0.05) is 0 Å². The van der Waals surface area contributed by atoms with Crippen LogP contribution in [0.25, 0.3) is 0 Å². The van der Waals surface area contributed by atoms with Crippen LogP contribution in [-0.4, -0.2) is 31.1 Å². The van der Waals surface area contributed by atoms with E-state index in [2.05, 4.69) is 50.6 Å². The molecule has 0 spiro atoms. The third-order valence-corrected chi connectivity index (χ3v) is 9.36. The van der Waals surface area contributed by atoms with E-state index < -0.39 is 7.26 Å². The van der Waals surface area contributed by atoms with Crippen LogP contribution in [0.4, 0.5) is 0 Å². The summed E-state index contributed by atoms with van der Waals surface area (Å²) in [6.45, 7) is 8.51. The molecule has 3 heteroatoms. The van der Waals surface area contributed by atoms with E-state index in [9.17, 15) is 4.79 Å². The van der Waals surface area contributed by atoms with Gasteiger partial charge in [0.1, 0.15) is 0 Å². The van der Waals surface area contributed by atoms with Crippen molar-refractivity contribution >= 4 is 18.5 Å². The molecule has 2 nitrogen and oxygen atoms in total. The standard InChI is InChI=1S/C17H27O2P/c1-13(19-14(2)18)16-11-8-12-17(16)20(3,4)15-9-6-5-7-10-15/h5-7,9-10,13,16-17,20H,8,11-12H2,1-4H3/t13-,16+,17?/m1/s1. The number of benzene rings is 1. The van der Waals surface area contributed by atoms with Gasteiger partial charge in [0.2, 0.25) is 0 Å². The van der Waals surface area contributed by atoms with Crippen LogP contribution < -0.4 is 5.30 Å². The first kappa shape index (κ1) is 15.5. The topological polar surface area (TPSA) is 26.3 Å². The Kier molecular flexibility index (Phi) is 4.86. The van der Waals surface area contributed by atoms with Crippen LogP contribution in [0.1, 0.15) is 33.1 Å². The Morgan fingerprint density at radius 3 is 2.50 bits per heavy atom. The predicted molar refractivity (Wildman–Crippen MR) is 88.6 cm³/mol. The summed E-state index contributed by atoms with van der Waals surface area (Å²) < 4.78 is 5.48. The van der Waals surface area contributed by atoms with Crippen molar-refractivity contribution in [3.63, 3.8) is 0 Å². The number of hydrogen-bond acceptors (Lipinski definition) is 2. The molecule has 0 amide bonds. The third kappa shape index (κ3) is 3.23. The normalized spacial score (nSPS) is 25.2. The SMILES string of the molecule is CC(=O)O[C@H](C)[C@@H]1CCCC1[PH](C)(C)c1ccccc1. The van der Waals surface area contributed by atoms with Gasteiger partial charge in [-0.2, -0.15) is 0 Å². The Morgan fingerprint density at radius 2 is 1.90 bits per heavy atom. The monoisotopic (exact) mass is 294 g/mol. The number of ether oxygens (including phenoxy) is 1. The van der Waals surface area contributed by atoms with Gasteiger partial charge in [-0.15, -0.1) is 0 Å². The molecule has 1 fully saturated rings. The quantitative estimate of drug-likeness (QED) is 0.628.